The molecule has 1 aliphatic heterocycles. The second-order valence-corrected chi connectivity index (χ2v) is 8.96. The molecule has 4 nitrogen and oxygen atoms in total. The number of rotatable bonds is 3. The van der Waals surface area contributed by atoms with Gasteiger partial charge in [-0.3, -0.25) is 14.2 Å². The van der Waals surface area contributed by atoms with Gasteiger partial charge in [-0.15, -0.1) is 0 Å². The quantitative estimate of drug-likeness (QED) is 0.756. The molecule has 2 fully saturated rings. The summed E-state index contributed by atoms with van der Waals surface area (Å²) in [4.78, 5) is 28.2. The van der Waals surface area contributed by atoms with Gasteiger partial charge in [-0.1, -0.05) is 57.2 Å². The van der Waals surface area contributed by atoms with E-state index in [1.165, 1.54) is 10.6 Å². The summed E-state index contributed by atoms with van der Waals surface area (Å²) in [6, 6.07) is 15.0. The lowest BCUT2D eigenvalue weighted by atomic mass is 9.65. The Morgan fingerprint density at radius 2 is 1.82 bits per heavy atom. The molecule has 2 bridgehead atoms. The van der Waals surface area contributed by atoms with Crippen molar-refractivity contribution in [3.05, 3.63) is 70.6 Å². The van der Waals surface area contributed by atoms with E-state index in [0.29, 0.717) is 17.5 Å². The van der Waals surface area contributed by atoms with Gasteiger partial charge < -0.3 is 4.90 Å². The van der Waals surface area contributed by atoms with Gasteiger partial charge in [-0.25, -0.2) is 0 Å². The van der Waals surface area contributed by atoms with Gasteiger partial charge in [0.2, 0.25) is 0 Å². The third-order valence-electron chi connectivity index (χ3n) is 6.72. The van der Waals surface area contributed by atoms with Crippen molar-refractivity contribution < 1.29 is 4.79 Å². The standard InChI is InChI=1S/C24H28N2O2/c1-17-20-14-19(15-24(17,2)3)16-26(20)23(28)21(13-18-9-5-4-6-10-18)25-12-8-7-11-22(25)27/h4-13,17,19-20H,14-16H2,1-3H3/b21-13+. The summed E-state index contributed by atoms with van der Waals surface area (Å²) in [5.41, 5.74) is 1.38. The highest BCUT2D eigenvalue weighted by Gasteiger charge is 2.49. The fourth-order valence-electron chi connectivity index (χ4n) is 4.98. The van der Waals surface area contributed by atoms with Crippen LogP contribution < -0.4 is 5.56 Å². The van der Waals surface area contributed by atoms with E-state index in [-0.39, 0.29) is 22.9 Å². The molecule has 4 rings (SSSR count). The van der Waals surface area contributed by atoms with E-state index in [2.05, 4.69) is 20.8 Å². The predicted molar refractivity (Wildman–Crippen MR) is 112 cm³/mol. The number of aromatic nitrogens is 1. The van der Waals surface area contributed by atoms with Crippen LogP contribution in [0.2, 0.25) is 0 Å². The van der Waals surface area contributed by atoms with E-state index in [0.717, 1.165) is 24.9 Å². The summed E-state index contributed by atoms with van der Waals surface area (Å²) in [7, 11) is 0. The lowest BCUT2D eigenvalue weighted by Gasteiger charge is -2.42. The van der Waals surface area contributed by atoms with Crippen molar-refractivity contribution in [1.82, 2.24) is 9.47 Å². The Morgan fingerprint density at radius 1 is 1.11 bits per heavy atom. The summed E-state index contributed by atoms with van der Waals surface area (Å²) >= 11 is 0. The summed E-state index contributed by atoms with van der Waals surface area (Å²) < 4.78 is 1.48. The SMILES string of the molecule is CC1C2CC(CN2C(=O)/C(=C\c2ccccc2)n2ccccc2=O)CC1(C)C. The van der Waals surface area contributed by atoms with Crippen molar-refractivity contribution in [2.75, 3.05) is 6.54 Å². The minimum absolute atomic E-state index is 0.0470. The highest BCUT2D eigenvalue weighted by Crippen LogP contribution is 2.49. The van der Waals surface area contributed by atoms with Crippen LogP contribution in [0.3, 0.4) is 0 Å². The summed E-state index contributed by atoms with van der Waals surface area (Å²) in [6.07, 6.45) is 5.74. The molecule has 0 N–H and O–H groups in total. The van der Waals surface area contributed by atoms with Gasteiger partial charge in [-0.2, -0.15) is 0 Å². The number of pyridine rings is 1. The maximum absolute atomic E-state index is 13.7. The molecule has 2 heterocycles. The Labute approximate surface area is 166 Å². The smallest absolute Gasteiger partial charge is 0.271 e. The molecule has 146 valence electrons. The number of hydrogen-bond acceptors (Lipinski definition) is 2. The third-order valence-corrected chi connectivity index (χ3v) is 6.72. The number of amides is 1. The third kappa shape index (κ3) is 3.32. The maximum Gasteiger partial charge on any atom is 0.271 e. The van der Waals surface area contributed by atoms with Crippen molar-refractivity contribution in [2.45, 2.75) is 39.7 Å². The molecule has 1 saturated heterocycles. The Morgan fingerprint density at radius 3 is 2.54 bits per heavy atom. The van der Waals surface area contributed by atoms with Crippen LogP contribution in [-0.4, -0.2) is 28.0 Å². The molecule has 3 atom stereocenters. The second kappa shape index (κ2) is 7.08. The average Bonchev–Trinajstić information content (AvgIpc) is 3.05. The number of benzene rings is 1. The lowest BCUT2D eigenvalue weighted by molar-refractivity contribution is -0.127. The second-order valence-electron chi connectivity index (χ2n) is 8.96. The Bertz CT molecular complexity index is 958. The molecule has 1 saturated carbocycles. The zero-order valence-corrected chi connectivity index (χ0v) is 16.8. The lowest BCUT2D eigenvalue weighted by Crippen LogP contribution is -2.45. The van der Waals surface area contributed by atoms with Gasteiger partial charge in [0.15, 0.2) is 0 Å². The van der Waals surface area contributed by atoms with Crippen molar-refractivity contribution >= 4 is 17.7 Å². The molecule has 0 radical (unpaired) electrons. The molecule has 2 aliphatic rings. The Hall–Kier alpha value is -2.62. The van der Waals surface area contributed by atoms with Crippen molar-refractivity contribution in [3.8, 4) is 0 Å². The van der Waals surface area contributed by atoms with Crippen molar-refractivity contribution in [3.63, 3.8) is 0 Å². The number of carbonyl (C=O) groups is 1. The van der Waals surface area contributed by atoms with Gasteiger partial charge >= 0.3 is 0 Å². The molecular formula is C24H28N2O2. The largest absolute Gasteiger partial charge is 0.334 e. The molecule has 3 unspecified atom stereocenters. The Balaban J connectivity index is 1.76. The average molecular weight is 377 g/mol. The molecule has 1 aromatic heterocycles. The number of hydrogen-bond donors (Lipinski definition) is 0. The minimum Gasteiger partial charge on any atom is -0.334 e. The van der Waals surface area contributed by atoms with E-state index in [1.807, 2.05) is 41.3 Å². The number of nitrogens with zero attached hydrogens (tertiary/aromatic N) is 2. The van der Waals surface area contributed by atoms with Gasteiger partial charge in [-0.05, 0) is 47.8 Å². The fourth-order valence-corrected chi connectivity index (χ4v) is 4.98. The summed E-state index contributed by atoms with van der Waals surface area (Å²) in [6.45, 7) is 7.67. The zero-order valence-electron chi connectivity index (χ0n) is 16.8. The van der Waals surface area contributed by atoms with Gasteiger partial charge in [0.1, 0.15) is 5.70 Å². The van der Waals surface area contributed by atoms with Crippen LogP contribution in [0.4, 0.5) is 0 Å². The molecule has 4 heteroatoms. The van der Waals surface area contributed by atoms with Crippen LogP contribution in [-0.2, 0) is 4.79 Å². The maximum atomic E-state index is 13.7. The zero-order chi connectivity index (χ0) is 19.9. The molecular weight excluding hydrogens is 348 g/mol. The molecule has 0 spiro atoms. The van der Waals surface area contributed by atoms with Crippen LogP contribution in [0.25, 0.3) is 11.8 Å². The minimum atomic E-state index is -0.187. The topological polar surface area (TPSA) is 42.3 Å². The molecule has 1 aromatic carbocycles. The molecule has 1 amide bonds. The first kappa shape index (κ1) is 18.7. The van der Waals surface area contributed by atoms with E-state index < -0.39 is 0 Å². The monoisotopic (exact) mass is 376 g/mol. The predicted octanol–water partition coefficient (Wildman–Crippen LogP) is 4.13. The first-order chi connectivity index (χ1) is 13.4. The van der Waals surface area contributed by atoms with Crippen molar-refractivity contribution in [2.24, 2.45) is 17.3 Å². The fraction of sp³-hybridized carbons (Fsp3) is 0.417. The number of fused-ring (bicyclic) bond motifs is 2. The molecule has 1 aliphatic carbocycles. The first-order valence-corrected chi connectivity index (χ1v) is 10.1. The first-order valence-electron chi connectivity index (χ1n) is 10.1. The van der Waals surface area contributed by atoms with Crippen LogP contribution in [0.5, 0.6) is 0 Å². The molecule has 28 heavy (non-hydrogen) atoms. The van der Waals surface area contributed by atoms with Crippen molar-refractivity contribution in [1.29, 1.82) is 0 Å². The number of likely N-dealkylation sites (tertiary alicyclic amines) is 1. The van der Waals surface area contributed by atoms with Crippen LogP contribution in [0, 0.1) is 17.3 Å². The van der Waals surface area contributed by atoms with E-state index in [1.54, 1.807) is 18.3 Å². The van der Waals surface area contributed by atoms with Crippen LogP contribution in [0.15, 0.2) is 59.5 Å². The molecule has 2 aromatic rings. The number of carbonyl (C=O) groups excluding carboxylic acids is 1. The highest BCUT2D eigenvalue weighted by atomic mass is 16.2. The van der Waals surface area contributed by atoms with Gasteiger partial charge in [0.05, 0.1) is 0 Å². The van der Waals surface area contributed by atoms with E-state index in [9.17, 15) is 9.59 Å². The van der Waals surface area contributed by atoms with Gasteiger partial charge in [0, 0.05) is 24.8 Å². The highest BCUT2D eigenvalue weighted by molar-refractivity contribution is 6.18. The summed E-state index contributed by atoms with van der Waals surface area (Å²) in [5.74, 6) is 0.931. The van der Waals surface area contributed by atoms with Gasteiger partial charge in [0.25, 0.3) is 11.5 Å². The van der Waals surface area contributed by atoms with Crippen LogP contribution in [0.1, 0.15) is 39.2 Å². The Kier molecular flexibility index (Phi) is 4.74. The van der Waals surface area contributed by atoms with Crippen LogP contribution >= 0.6 is 0 Å². The van der Waals surface area contributed by atoms with E-state index >= 15 is 0 Å². The normalized spacial score (nSPS) is 26.3. The summed E-state index contributed by atoms with van der Waals surface area (Å²) in [5, 5.41) is 0. The van der Waals surface area contributed by atoms with E-state index in [4.69, 9.17) is 0 Å².